The maximum absolute atomic E-state index is 13.5. The summed E-state index contributed by atoms with van der Waals surface area (Å²) in [5.74, 6) is -0.458. The molecule has 0 fully saturated rings. The van der Waals surface area contributed by atoms with Gasteiger partial charge in [0.05, 0.1) is 12.7 Å². The van der Waals surface area contributed by atoms with E-state index < -0.39 is 18.4 Å². The number of carbonyl (C=O) groups is 2. The van der Waals surface area contributed by atoms with Crippen LogP contribution in [0.2, 0.25) is 0 Å². The van der Waals surface area contributed by atoms with Crippen LogP contribution in [0.15, 0.2) is 23.7 Å². The highest BCUT2D eigenvalue weighted by atomic mass is 32.1. The lowest BCUT2D eigenvalue weighted by Crippen LogP contribution is -2.40. The highest BCUT2D eigenvalue weighted by Gasteiger charge is 2.32. The van der Waals surface area contributed by atoms with E-state index in [1.807, 2.05) is 56.0 Å². The van der Waals surface area contributed by atoms with Gasteiger partial charge >= 0.3 is 6.09 Å². The minimum Gasteiger partial charge on any atom is -0.444 e. The third-order valence-electron chi connectivity index (χ3n) is 4.84. The molecule has 29 heavy (non-hydrogen) atoms. The molecule has 0 spiro atoms. The summed E-state index contributed by atoms with van der Waals surface area (Å²) < 4.78 is 20.7. The lowest BCUT2D eigenvalue weighted by Gasteiger charge is -2.27. The van der Waals surface area contributed by atoms with Gasteiger partial charge in [0, 0.05) is 35.6 Å². The first-order valence-corrected chi connectivity index (χ1v) is 10.7. The first kappa shape index (κ1) is 21.4. The molecule has 1 aliphatic rings. The van der Waals surface area contributed by atoms with Crippen molar-refractivity contribution in [2.75, 3.05) is 19.8 Å². The van der Waals surface area contributed by atoms with E-state index in [9.17, 15) is 14.0 Å². The number of thiophene rings is 1. The molecule has 0 aliphatic carbocycles. The summed E-state index contributed by atoms with van der Waals surface area (Å²) in [4.78, 5) is 25.5. The summed E-state index contributed by atoms with van der Waals surface area (Å²) in [6, 6.07) is 3.85. The van der Waals surface area contributed by atoms with Crippen LogP contribution in [0.1, 0.15) is 62.1 Å². The Morgan fingerprint density at radius 2 is 2.24 bits per heavy atom. The van der Waals surface area contributed by atoms with Crippen LogP contribution in [0, 0.1) is 0 Å². The number of ether oxygens (including phenoxy) is 1. The quantitative estimate of drug-likeness (QED) is 0.722. The Morgan fingerprint density at radius 1 is 1.48 bits per heavy atom. The molecule has 2 atom stereocenters. The minimum atomic E-state index is -0.552. The molecule has 2 N–H and O–H groups in total. The molecular weight excluding hydrogens is 393 g/mol. The Morgan fingerprint density at radius 3 is 2.86 bits per heavy atom. The number of nitrogens with zero attached hydrogens (tertiary/aromatic N) is 1. The first-order chi connectivity index (χ1) is 13.7. The lowest BCUT2D eigenvalue weighted by atomic mass is 9.98. The van der Waals surface area contributed by atoms with Crippen molar-refractivity contribution in [3.8, 4) is 10.4 Å². The van der Waals surface area contributed by atoms with Crippen molar-refractivity contribution < 1.29 is 18.7 Å². The molecule has 158 valence electrons. The van der Waals surface area contributed by atoms with Gasteiger partial charge in [-0.25, -0.2) is 4.79 Å². The molecule has 8 heteroatoms. The summed E-state index contributed by atoms with van der Waals surface area (Å²) in [5.41, 5.74) is 1.67. The fourth-order valence-electron chi connectivity index (χ4n) is 3.49. The fourth-order valence-corrected chi connectivity index (χ4v) is 4.28. The van der Waals surface area contributed by atoms with Crippen LogP contribution in [-0.2, 0) is 4.74 Å². The van der Waals surface area contributed by atoms with Gasteiger partial charge in [0.1, 0.15) is 11.3 Å². The molecule has 0 bridgehead atoms. The second-order valence-electron chi connectivity index (χ2n) is 8.33. The summed E-state index contributed by atoms with van der Waals surface area (Å²) >= 11 is 1.54. The first-order valence-electron chi connectivity index (χ1n) is 9.81. The zero-order chi connectivity index (χ0) is 21.2. The van der Waals surface area contributed by atoms with Crippen LogP contribution in [0.3, 0.4) is 0 Å². The highest BCUT2D eigenvalue weighted by Crippen LogP contribution is 2.39. The van der Waals surface area contributed by atoms with E-state index in [2.05, 4.69) is 10.6 Å². The molecule has 0 radical (unpaired) electrons. The Balaban J connectivity index is 1.84. The number of halogens is 1. The Labute approximate surface area is 174 Å². The molecule has 3 heterocycles. The maximum Gasteiger partial charge on any atom is 0.407 e. The highest BCUT2D eigenvalue weighted by molar-refractivity contribution is 7.13. The van der Waals surface area contributed by atoms with Crippen molar-refractivity contribution >= 4 is 23.3 Å². The molecule has 2 amide bonds. The van der Waals surface area contributed by atoms with Crippen LogP contribution >= 0.6 is 11.3 Å². The monoisotopic (exact) mass is 421 g/mol. The number of alkyl carbamates (subject to hydrolysis) is 1. The molecule has 0 aromatic carbocycles. The van der Waals surface area contributed by atoms with Crippen LogP contribution < -0.4 is 10.6 Å². The van der Waals surface area contributed by atoms with Gasteiger partial charge in [-0.15, -0.1) is 11.3 Å². The largest absolute Gasteiger partial charge is 0.444 e. The normalized spacial score (nSPS) is 17.4. The van der Waals surface area contributed by atoms with Crippen molar-refractivity contribution in [1.82, 2.24) is 15.2 Å². The van der Waals surface area contributed by atoms with Crippen LogP contribution in [-0.4, -0.2) is 41.9 Å². The molecule has 6 nitrogen and oxygen atoms in total. The zero-order valence-electron chi connectivity index (χ0n) is 17.3. The SMILES string of the molecule is CC(CF)c1cn2c(c1-c1cccs1)C(=O)NCC2CCNC(=O)OC(C)(C)C. The maximum atomic E-state index is 13.5. The van der Waals surface area contributed by atoms with Gasteiger partial charge in [0.2, 0.25) is 0 Å². The third kappa shape index (κ3) is 4.80. The molecule has 2 aromatic heterocycles. The van der Waals surface area contributed by atoms with Crippen molar-refractivity contribution in [3.63, 3.8) is 0 Å². The van der Waals surface area contributed by atoms with Gasteiger partial charge in [-0.1, -0.05) is 13.0 Å². The molecule has 2 unspecified atom stereocenters. The average Bonchev–Trinajstić information content (AvgIpc) is 3.29. The smallest absolute Gasteiger partial charge is 0.407 e. The van der Waals surface area contributed by atoms with Crippen LogP contribution in [0.5, 0.6) is 0 Å². The molecule has 0 saturated heterocycles. The van der Waals surface area contributed by atoms with Crippen molar-refractivity contribution in [1.29, 1.82) is 0 Å². The predicted molar refractivity (Wildman–Crippen MR) is 112 cm³/mol. The fraction of sp³-hybridized carbons (Fsp3) is 0.524. The Hall–Kier alpha value is -2.35. The number of rotatable bonds is 6. The zero-order valence-corrected chi connectivity index (χ0v) is 18.1. The second kappa shape index (κ2) is 8.57. The van der Waals surface area contributed by atoms with Crippen LogP contribution in [0.4, 0.5) is 9.18 Å². The summed E-state index contributed by atoms with van der Waals surface area (Å²) in [6.45, 7) is 7.65. The number of aromatic nitrogens is 1. The van der Waals surface area contributed by atoms with E-state index in [-0.39, 0.29) is 17.9 Å². The number of nitrogens with one attached hydrogen (secondary N) is 2. The average molecular weight is 422 g/mol. The van der Waals surface area contributed by atoms with E-state index in [0.29, 0.717) is 25.2 Å². The number of amides is 2. The predicted octanol–water partition coefficient (Wildman–Crippen LogP) is 4.49. The lowest BCUT2D eigenvalue weighted by molar-refractivity contribution is 0.0523. The number of hydrogen-bond acceptors (Lipinski definition) is 4. The van der Waals surface area contributed by atoms with Gasteiger partial charge in [-0.05, 0) is 44.2 Å². The van der Waals surface area contributed by atoms with Crippen molar-refractivity contribution in [2.24, 2.45) is 0 Å². The molecule has 3 rings (SSSR count). The molecule has 2 aromatic rings. The van der Waals surface area contributed by atoms with Gasteiger partial charge in [-0.3, -0.25) is 9.18 Å². The standard InChI is InChI=1S/C21H28FN3O3S/c1-13(10-22)15-12-25-14(7-8-23-20(27)28-21(2,3)4)11-24-19(26)18(25)17(15)16-6-5-9-29-16/h5-6,9,12-14H,7-8,10-11H2,1-4H3,(H,23,27)(H,24,26). The van der Waals surface area contributed by atoms with Gasteiger partial charge in [0.25, 0.3) is 5.91 Å². The van der Waals surface area contributed by atoms with E-state index in [4.69, 9.17) is 4.74 Å². The molecule has 1 aliphatic heterocycles. The van der Waals surface area contributed by atoms with E-state index >= 15 is 0 Å². The second-order valence-corrected chi connectivity index (χ2v) is 9.28. The minimum absolute atomic E-state index is 0.0306. The number of carbonyl (C=O) groups excluding carboxylic acids is 2. The van der Waals surface area contributed by atoms with Crippen LogP contribution in [0.25, 0.3) is 10.4 Å². The Bertz CT molecular complexity index is 871. The van der Waals surface area contributed by atoms with Gasteiger partial charge in [-0.2, -0.15) is 0 Å². The number of alkyl halides is 1. The van der Waals surface area contributed by atoms with Crippen molar-refractivity contribution in [3.05, 3.63) is 35.0 Å². The van der Waals surface area contributed by atoms with Gasteiger partial charge in [0.15, 0.2) is 0 Å². The van der Waals surface area contributed by atoms with E-state index in [1.165, 1.54) is 11.3 Å². The summed E-state index contributed by atoms with van der Waals surface area (Å²) in [5, 5.41) is 7.66. The molecular formula is C21H28FN3O3S. The number of fused-ring (bicyclic) bond motifs is 1. The number of hydrogen-bond donors (Lipinski definition) is 2. The summed E-state index contributed by atoms with van der Waals surface area (Å²) in [6.07, 6.45) is 2.07. The summed E-state index contributed by atoms with van der Waals surface area (Å²) in [7, 11) is 0. The van der Waals surface area contributed by atoms with Crippen molar-refractivity contribution in [2.45, 2.75) is 51.7 Å². The molecule has 0 saturated carbocycles. The van der Waals surface area contributed by atoms with Gasteiger partial charge < -0.3 is 19.9 Å². The third-order valence-corrected chi connectivity index (χ3v) is 5.73. The topological polar surface area (TPSA) is 72.4 Å². The van der Waals surface area contributed by atoms with E-state index in [0.717, 1.165) is 16.0 Å². The van der Waals surface area contributed by atoms with E-state index in [1.54, 1.807) is 0 Å². The Kier molecular flexibility index (Phi) is 6.31.